The van der Waals surface area contributed by atoms with Gasteiger partial charge in [-0.1, -0.05) is 29.8 Å². The van der Waals surface area contributed by atoms with Crippen molar-refractivity contribution in [1.29, 1.82) is 0 Å². The Balaban J connectivity index is 1.70. The molecule has 4 fully saturated rings. The number of hydrogen-bond donors (Lipinski definition) is 1. The predicted octanol–water partition coefficient (Wildman–Crippen LogP) is 4.15. The third kappa shape index (κ3) is 2.38. The molecule has 0 aromatic rings. The van der Waals surface area contributed by atoms with Crippen LogP contribution in [0, 0.1) is 40.4 Å². The summed E-state index contributed by atoms with van der Waals surface area (Å²) in [6, 6.07) is 0. The van der Waals surface area contributed by atoms with Crippen LogP contribution in [-0.4, -0.2) is 27.6 Å². The molecule has 4 heteroatoms. The fourth-order valence-corrected chi connectivity index (χ4v) is 8.89. The molecule has 0 aromatic heterocycles. The summed E-state index contributed by atoms with van der Waals surface area (Å²) >= 11 is 3.76. The van der Waals surface area contributed by atoms with Crippen LogP contribution in [0.25, 0.3) is 0 Å². The van der Waals surface area contributed by atoms with Gasteiger partial charge < -0.3 is 5.11 Å². The van der Waals surface area contributed by atoms with Crippen LogP contribution >= 0.6 is 15.9 Å². The van der Waals surface area contributed by atoms with Gasteiger partial charge in [0.2, 0.25) is 0 Å². The highest BCUT2D eigenvalue weighted by molar-refractivity contribution is 9.09. The number of aliphatic hydroxyl groups excluding tert-OH is 1. The smallest absolute Gasteiger partial charge is 0.137 e. The maximum Gasteiger partial charge on any atom is 0.137 e. The lowest BCUT2D eigenvalue weighted by atomic mass is 9.44. The minimum Gasteiger partial charge on any atom is -0.392 e. The molecule has 0 unspecified atom stereocenters. The summed E-state index contributed by atoms with van der Waals surface area (Å²) in [5.74, 6) is 2.22. The summed E-state index contributed by atoms with van der Waals surface area (Å²) in [4.78, 5) is 25.7. The van der Waals surface area contributed by atoms with Gasteiger partial charge in [0.25, 0.3) is 0 Å². The average Bonchev–Trinajstić information content (AvgIpc) is 2.88. The predicted molar refractivity (Wildman–Crippen MR) is 100 cm³/mol. The van der Waals surface area contributed by atoms with Crippen molar-refractivity contribution in [2.45, 2.75) is 76.6 Å². The molecule has 25 heavy (non-hydrogen) atoms. The first-order chi connectivity index (χ1) is 11.7. The first-order valence-corrected chi connectivity index (χ1v) is 11.0. The van der Waals surface area contributed by atoms with E-state index in [0.717, 1.165) is 38.5 Å². The lowest BCUT2D eigenvalue weighted by Gasteiger charge is -2.60. The van der Waals surface area contributed by atoms with E-state index in [9.17, 15) is 14.7 Å². The van der Waals surface area contributed by atoms with Gasteiger partial charge >= 0.3 is 0 Å². The van der Waals surface area contributed by atoms with Crippen LogP contribution in [0.2, 0.25) is 0 Å². The lowest BCUT2D eigenvalue weighted by molar-refractivity contribution is -0.161. The van der Waals surface area contributed by atoms with Crippen LogP contribution < -0.4 is 0 Å². The Morgan fingerprint density at radius 3 is 2.44 bits per heavy atom. The third-order valence-corrected chi connectivity index (χ3v) is 10.1. The summed E-state index contributed by atoms with van der Waals surface area (Å²) in [6.07, 6.45) is 6.28. The Morgan fingerprint density at radius 1 is 1.08 bits per heavy atom. The zero-order valence-corrected chi connectivity index (χ0v) is 17.2. The van der Waals surface area contributed by atoms with Gasteiger partial charge in [-0.2, -0.15) is 0 Å². The van der Waals surface area contributed by atoms with E-state index in [4.69, 9.17) is 0 Å². The normalized spacial score (nSPS) is 55.2. The van der Waals surface area contributed by atoms with E-state index in [-0.39, 0.29) is 39.4 Å². The van der Waals surface area contributed by atoms with Crippen molar-refractivity contribution in [3.63, 3.8) is 0 Å². The number of aliphatic hydroxyl groups is 1. The number of rotatable bonds is 1. The summed E-state index contributed by atoms with van der Waals surface area (Å²) in [5.41, 5.74) is -0.113. The molecule has 0 bridgehead atoms. The molecule has 0 heterocycles. The van der Waals surface area contributed by atoms with E-state index in [1.54, 1.807) is 6.92 Å². The van der Waals surface area contributed by atoms with Crippen LogP contribution in [0.5, 0.6) is 0 Å². The number of hydrogen-bond acceptors (Lipinski definition) is 3. The molecule has 1 N–H and O–H groups in total. The van der Waals surface area contributed by atoms with E-state index in [1.165, 1.54) is 0 Å². The van der Waals surface area contributed by atoms with E-state index < -0.39 is 0 Å². The maximum absolute atomic E-state index is 13.4. The number of ketones is 2. The van der Waals surface area contributed by atoms with Crippen molar-refractivity contribution in [1.82, 2.24) is 0 Å². The second kappa shape index (κ2) is 5.89. The molecule has 140 valence electrons. The highest BCUT2D eigenvalue weighted by Crippen LogP contribution is 2.66. The van der Waals surface area contributed by atoms with E-state index >= 15 is 0 Å². The molecule has 0 radical (unpaired) electrons. The topological polar surface area (TPSA) is 54.4 Å². The van der Waals surface area contributed by atoms with Gasteiger partial charge in [0.05, 0.1) is 6.10 Å². The Labute approximate surface area is 159 Å². The quantitative estimate of drug-likeness (QED) is 0.660. The van der Waals surface area contributed by atoms with Crippen molar-refractivity contribution in [2.75, 3.05) is 0 Å². The Hall–Kier alpha value is -0.220. The molecular formula is C21H31BrO3. The maximum atomic E-state index is 13.4. The van der Waals surface area contributed by atoms with E-state index in [1.807, 2.05) is 0 Å². The molecule has 0 aliphatic heterocycles. The fraction of sp³-hybridized carbons (Fsp3) is 0.905. The van der Waals surface area contributed by atoms with Crippen LogP contribution in [-0.2, 0) is 9.59 Å². The number of halogens is 1. The Morgan fingerprint density at radius 2 is 1.76 bits per heavy atom. The SMILES string of the molecule is CC(=O)[C@H]1CC[C@H]2[C@@H]3CC[C@H]4[C@@H](Br)[C@H](O)CC[C@]4(C)[C@H]3C(=O)C[C@]12C. The monoisotopic (exact) mass is 410 g/mol. The fourth-order valence-electron chi connectivity index (χ4n) is 7.75. The van der Waals surface area contributed by atoms with Gasteiger partial charge in [-0.05, 0) is 74.0 Å². The summed E-state index contributed by atoms with van der Waals surface area (Å²) in [5, 5.41) is 10.3. The standard InChI is InChI=1S/C21H31BrO3/c1-11(23)13-6-7-14-12-4-5-15-19(22)16(24)8-9-20(15,2)18(12)17(25)10-21(13,14)3/h12-16,18-19,24H,4-10H2,1-3H3/t12-,13+,14-,15-,16+,18+,19+,20-,21+/m0/s1. The van der Waals surface area contributed by atoms with Gasteiger partial charge in [-0.3, -0.25) is 9.59 Å². The minimum atomic E-state index is -0.285. The van der Waals surface area contributed by atoms with E-state index in [2.05, 4.69) is 29.8 Å². The molecule has 0 saturated heterocycles. The summed E-state index contributed by atoms with van der Waals surface area (Å²) < 4.78 is 0. The molecule has 0 amide bonds. The molecule has 4 saturated carbocycles. The number of carbonyl (C=O) groups excluding carboxylic acids is 2. The molecule has 9 atom stereocenters. The molecule has 4 aliphatic rings. The first kappa shape index (κ1) is 18.2. The largest absolute Gasteiger partial charge is 0.392 e. The van der Waals surface area contributed by atoms with Crippen LogP contribution in [0.15, 0.2) is 0 Å². The number of alkyl halides is 1. The van der Waals surface area contributed by atoms with Gasteiger partial charge in [0, 0.05) is 23.1 Å². The minimum absolute atomic E-state index is 0.00301. The van der Waals surface area contributed by atoms with Gasteiger partial charge in [-0.25, -0.2) is 0 Å². The highest BCUT2D eigenvalue weighted by Gasteiger charge is 2.64. The molecule has 0 aromatic carbocycles. The second-order valence-electron chi connectivity index (χ2n) is 9.88. The Bertz CT molecular complexity index is 604. The first-order valence-electron chi connectivity index (χ1n) is 10.1. The number of fused-ring (bicyclic) bond motifs is 5. The number of Topliss-reactive ketones (excluding diaryl/α,β-unsaturated/α-hetero) is 2. The Kier molecular flexibility index (Phi) is 4.28. The molecular weight excluding hydrogens is 380 g/mol. The second-order valence-corrected chi connectivity index (χ2v) is 10.9. The lowest BCUT2D eigenvalue weighted by Crippen LogP contribution is -2.60. The van der Waals surface area contributed by atoms with Crippen molar-refractivity contribution in [3.05, 3.63) is 0 Å². The van der Waals surface area contributed by atoms with Crippen molar-refractivity contribution in [2.24, 2.45) is 40.4 Å². The molecule has 4 aliphatic carbocycles. The molecule has 0 spiro atoms. The van der Waals surface area contributed by atoms with E-state index in [0.29, 0.717) is 30.0 Å². The molecule has 4 rings (SSSR count). The van der Waals surface area contributed by atoms with Crippen molar-refractivity contribution in [3.8, 4) is 0 Å². The summed E-state index contributed by atoms with van der Waals surface area (Å²) in [7, 11) is 0. The summed E-state index contributed by atoms with van der Waals surface area (Å²) in [6.45, 7) is 6.24. The van der Waals surface area contributed by atoms with Gasteiger partial charge in [-0.15, -0.1) is 0 Å². The van der Waals surface area contributed by atoms with Gasteiger partial charge in [0.1, 0.15) is 11.6 Å². The van der Waals surface area contributed by atoms with Crippen molar-refractivity contribution < 1.29 is 14.7 Å². The van der Waals surface area contributed by atoms with Crippen LogP contribution in [0.4, 0.5) is 0 Å². The van der Waals surface area contributed by atoms with Crippen LogP contribution in [0.3, 0.4) is 0 Å². The molecule has 3 nitrogen and oxygen atoms in total. The van der Waals surface area contributed by atoms with Crippen LogP contribution in [0.1, 0.15) is 65.7 Å². The van der Waals surface area contributed by atoms with Crippen molar-refractivity contribution >= 4 is 27.5 Å². The highest BCUT2D eigenvalue weighted by atomic mass is 79.9. The zero-order valence-electron chi connectivity index (χ0n) is 15.6. The number of carbonyl (C=O) groups is 2. The van der Waals surface area contributed by atoms with Gasteiger partial charge in [0.15, 0.2) is 0 Å². The average molecular weight is 411 g/mol. The third-order valence-electron chi connectivity index (χ3n) is 8.85. The zero-order chi connectivity index (χ0) is 18.1.